The average molecular weight is 404 g/mol. The van der Waals surface area contributed by atoms with Gasteiger partial charge in [-0.15, -0.1) is 0 Å². The van der Waals surface area contributed by atoms with Crippen LogP contribution in [0.2, 0.25) is 0 Å². The van der Waals surface area contributed by atoms with Crippen LogP contribution in [0.3, 0.4) is 0 Å². The third kappa shape index (κ3) is 7.57. The highest BCUT2D eigenvalue weighted by Gasteiger charge is 2.15. The van der Waals surface area contributed by atoms with Crippen molar-refractivity contribution in [2.75, 3.05) is 47.6 Å². The Bertz CT molecular complexity index is 737. The molecule has 1 unspecified atom stereocenters. The van der Waals surface area contributed by atoms with Gasteiger partial charge in [-0.25, -0.2) is 0 Å². The number of aliphatic hydroxyl groups excluding tert-OH is 1. The Morgan fingerprint density at radius 1 is 0.966 bits per heavy atom. The lowest BCUT2D eigenvalue weighted by molar-refractivity contribution is 0.0615. The van der Waals surface area contributed by atoms with Crippen molar-refractivity contribution >= 4 is 0 Å². The van der Waals surface area contributed by atoms with E-state index in [4.69, 9.17) is 18.9 Å². The molecule has 0 aliphatic heterocycles. The summed E-state index contributed by atoms with van der Waals surface area (Å²) in [7, 11) is 4.95. The van der Waals surface area contributed by atoms with Crippen LogP contribution in [-0.4, -0.2) is 63.7 Å². The molecule has 1 N–H and O–H groups in total. The number of nitrogens with zero attached hydrogens (tertiary/aromatic N) is 1. The van der Waals surface area contributed by atoms with E-state index in [-0.39, 0.29) is 6.61 Å². The highest BCUT2D eigenvalue weighted by Crippen LogP contribution is 2.28. The quantitative estimate of drug-likeness (QED) is 0.518. The second-order valence-corrected chi connectivity index (χ2v) is 7.00. The van der Waals surface area contributed by atoms with Crippen LogP contribution < -0.4 is 14.2 Å². The fraction of sp³-hybridized carbons (Fsp3) is 0.478. The minimum atomic E-state index is -0.600. The standard InChI is InChI=1S/C23H33NO5/c1-18-8-5-6-9-21(18)29-17-20(25)16-24(12-7-13-26-2)15-19-10-11-22(27-3)23(14-19)28-4/h5-6,8-11,14,20,25H,7,12-13,15-17H2,1-4H3. The van der Waals surface area contributed by atoms with Crippen molar-refractivity contribution in [2.24, 2.45) is 0 Å². The first kappa shape index (κ1) is 23.0. The van der Waals surface area contributed by atoms with Gasteiger partial charge in [-0.05, 0) is 42.7 Å². The molecule has 2 aromatic rings. The maximum absolute atomic E-state index is 10.5. The summed E-state index contributed by atoms with van der Waals surface area (Å²) in [5, 5.41) is 10.5. The first-order chi connectivity index (χ1) is 14.1. The normalized spacial score (nSPS) is 12.1. The van der Waals surface area contributed by atoms with E-state index in [0.717, 1.165) is 29.8 Å². The highest BCUT2D eigenvalue weighted by atomic mass is 16.5. The molecule has 2 rings (SSSR count). The van der Waals surface area contributed by atoms with E-state index in [1.54, 1.807) is 21.3 Å². The highest BCUT2D eigenvalue weighted by molar-refractivity contribution is 5.42. The number of hydrogen-bond acceptors (Lipinski definition) is 6. The van der Waals surface area contributed by atoms with E-state index in [1.165, 1.54) is 0 Å². The minimum Gasteiger partial charge on any atom is -0.493 e. The van der Waals surface area contributed by atoms with Crippen LogP contribution in [0.15, 0.2) is 42.5 Å². The van der Waals surface area contributed by atoms with Crippen LogP contribution in [0.5, 0.6) is 17.2 Å². The molecule has 0 spiro atoms. The van der Waals surface area contributed by atoms with Gasteiger partial charge >= 0.3 is 0 Å². The van der Waals surface area contributed by atoms with Gasteiger partial charge < -0.3 is 24.1 Å². The number of benzene rings is 2. The molecule has 0 heterocycles. The molecule has 160 valence electrons. The monoisotopic (exact) mass is 403 g/mol. The first-order valence-electron chi connectivity index (χ1n) is 9.86. The Morgan fingerprint density at radius 2 is 1.72 bits per heavy atom. The molecule has 0 aliphatic rings. The van der Waals surface area contributed by atoms with Gasteiger partial charge in [-0.2, -0.15) is 0 Å². The van der Waals surface area contributed by atoms with Gasteiger partial charge in [0.05, 0.1) is 14.2 Å². The molecular formula is C23H33NO5. The lowest BCUT2D eigenvalue weighted by Crippen LogP contribution is -2.36. The van der Waals surface area contributed by atoms with E-state index in [2.05, 4.69) is 4.90 Å². The Morgan fingerprint density at radius 3 is 2.41 bits per heavy atom. The van der Waals surface area contributed by atoms with Gasteiger partial charge in [0.1, 0.15) is 18.5 Å². The minimum absolute atomic E-state index is 0.248. The average Bonchev–Trinajstić information content (AvgIpc) is 2.73. The van der Waals surface area contributed by atoms with Gasteiger partial charge in [0.25, 0.3) is 0 Å². The number of hydrogen-bond donors (Lipinski definition) is 1. The SMILES string of the molecule is COCCCN(Cc1ccc(OC)c(OC)c1)CC(O)COc1ccccc1C. The molecule has 2 aromatic carbocycles. The van der Waals surface area contributed by atoms with Gasteiger partial charge in [0, 0.05) is 33.4 Å². The van der Waals surface area contributed by atoms with Crippen LogP contribution in [0.25, 0.3) is 0 Å². The lowest BCUT2D eigenvalue weighted by Gasteiger charge is -2.25. The van der Waals surface area contributed by atoms with Crippen molar-refractivity contribution in [3.63, 3.8) is 0 Å². The van der Waals surface area contributed by atoms with Crippen molar-refractivity contribution in [2.45, 2.75) is 26.0 Å². The van der Waals surface area contributed by atoms with E-state index in [0.29, 0.717) is 31.2 Å². The van der Waals surface area contributed by atoms with E-state index >= 15 is 0 Å². The zero-order valence-electron chi connectivity index (χ0n) is 17.9. The number of aliphatic hydroxyl groups is 1. The van der Waals surface area contributed by atoms with E-state index < -0.39 is 6.10 Å². The van der Waals surface area contributed by atoms with Crippen molar-refractivity contribution < 1.29 is 24.1 Å². The van der Waals surface area contributed by atoms with Crippen LogP contribution in [0, 0.1) is 6.92 Å². The number of para-hydroxylation sites is 1. The van der Waals surface area contributed by atoms with E-state index in [9.17, 15) is 5.11 Å². The summed E-state index contributed by atoms with van der Waals surface area (Å²) in [6, 6.07) is 13.7. The molecule has 6 nitrogen and oxygen atoms in total. The molecule has 29 heavy (non-hydrogen) atoms. The smallest absolute Gasteiger partial charge is 0.161 e. The Kier molecular flexibility index (Phi) is 9.77. The second kappa shape index (κ2) is 12.3. The zero-order chi connectivity index (χ0) is 21.1. The first-order valence-corrected chi connectivity index (χ1v) is 9.86. The number of rotatable bonds is 13. The van der Waals surface area contributed by atoms with E-state index in [1.807, 2.05) is 49.4 Å². The number of ether oxygens (including phenoxy) is 4. The molecule has 1 atom stereocenters. The molecule has 6 heteroatoms. The number of methoxy groups -OCH3 is 3. The Labute approximate surface area is 174 Å². The molecule has 0 amide bonds. The van der Waals surface area contributed by atoms with Crippen molar-refractivity contribution in [1.82, 2.24) is 4.90 Å². The van der Waals surface area contributed by atoms with Gasteiger partial charge in [0.15, 0.2) is 11.5 Å². The predicted molar refractivity (Wildman–Crippen MR) is 114 cm³/mol. The fourth-order valence-corrected chi connectivity index (χ4v) is 3.16. The second-order valence-electron chi connectivity index (χ2n) is 7.00. The molecular weight excluding hydrogens is 370 g/mol. The third-order valence-corrected chi connectivity index (χ3v) is 4.67. The topological polar surface area (TPSA) is 60.4 Å². The lowest BCUT2D eigenvalue weighted by atomic mass is 10.1. The summed E-state index contributed by atoms with van der Waals surface area (Å²) in [5.41, 5.74) is 2.15. The Balaban J connectivity index is 1.98. The van der Waals surface area contributed by atoms with Crippen LogP contribution in [0.4, 0.5) is 0 Å². The third-order valence-electron chi connectivity index (χ3n) is 4.67. The van der Waals surface area contributed by atoms with Crippen molar-refractivity contribution in [3.8, 4) is 17.2 Å². The van der Waals surface area contributed by atoms with Gasteiger partial charge in [-0.3, -0.25) is 4.90 Å². The number of aryl methyl sites for hydroxylation is 1. The molecule has 0 saturated heterocycles. The van der Waals surface area contributed by atoms with Crippen LogP contribution >= 0.6 is 0 Å². The Hall–Kier alpha value is -2.28. The summed E-state index contributed by atoms with van der Waals surface area (Å²) in [4.78, 5) is 2.20. The summed E-state index contributed by atoms with van der Waals surface area (Å²) < 4.78 is 21.7. The molecule has 0 fully saturated rings. The molecule has 0 radical (unpaired) electrons. The maximum Gasteiger partial charge on any atom is 0.161 e. The maximum atomic E-state index is 10.5. The summed E-state index contributed by atoms with van der Waals surface area (Å²) in [6.45, 7) is 4.92. The summed E-state index contributed by atoms with van der Waals surface area (Å²) in [5.74, 6) is 2.21. The van der Waals surface area contributed by atoms with Crippen molar-refractivity contribution in [1.29, 1.82) is 0 Å². The fourth-order valence-electron chi connectivity index (χ4n) is 3.16. The van der Waals surface area contributed by atoms with Crippen molar-refractivity contribution in [3.05, 3.63) is 53.6 Å². The van der Waals surface area contributed by atoms with Gasteiger partial charge in [-0.1, -0.05) is 24.3 Å². The van der Waals surface area contributed by atoms with Gasteiger partial charge in [0.2, 0.25) is 0 Å². The van der Waals surface area contributed by atoms with Crippen LogP contribution in [-0.2, 0) is 11.3 Å². The summed E-state index contributed by atoms with van der Waals surface area (Å²) >= 11 is 0. The molecule has 0 aromatic heterocycles. The molecule has 0 bridgehead atoms. The molecule has 0 aliphatic carbocycles. The zero-order valence-corrected chi connectivity index (χ0v) is 17.9. The van der Waals surface area contributed by atoms with Crippen LogP contribution in [0.1, 0.15) is 17.5 Å². The largest absolute Gasteiger partial charge is 0.493 e. The predicted octanol–water partition coefficient (Wildman–Crippen LogP) is 3.29. The molecule has 0 saturated carbocycles. The summed E-state index contributed by atoms with van der Waals surface area (Å²) in [6.07, 6.45) is 0.284.